The van der Waals surface area contributed by atoms with Gasteiger partial charge in [0, 0.05) is 6.42 Å². The predicted octanol–water partition coefficient (Wildman–Crippen LogP) is 2.11. The highest BCUT2D eigenvalue weighted by Crippen LogP contribution is 2.30. The van der Waals surface area contributed by atoms with Gasteiger partial charge in [-0.3, -0.25) is 4.79 Å². The first-order chi connectivity index (χ1) is 16.5. The Balaban J connectivity index is 1.87. The molecule has 1 aliphatic heterocycles. The van der Waals surface area contributed by atoms with Crippen LogP contribution in [0.4, 0.5) is 0 Å². The second-order valence-corrected chi connectivity index (χ2v) is 9.93. The number of aryl methyl sites for hydroxylation is 1. The van der Waals surface area contributed by atoms with Gasteiger partial charge in [-0.15, -0.1) is 0 Å². The Morgan fingerprint density at radius 2 is 1.60 bits per heavy atom. The normalized spacial score (nSPS) is 24.7. The zero-order valence-corrected chi connectivity index (χ0v) is 20.7. The maximum absolute atomic E-state index is 12.2. The van der Waals surface area contributed by atoms with Crippen molar-refractivity contribution in [2.45, 2.75) is 77.8 Å². The van der Waals surface area contributed by atoms with Crippen molar-refractivity contribution in [2.24, 2.45) is 5.41 Å². The maximum Gasteiger partial charge on any atom is 0.311 e. The van der Waals surface area contributed by atoms with Crippen molar-refractivity contribution in [3.05, 3.63) is 64.7 Å². The van der Waals surface area contributed by atoms with Crippen molar-refractivity contribution < 1.29 is 39.4 Å². The van der Waals surface area contributed by atoms with Crippen LogP contribution in [0, 0.1) is 5.41 Å². The lowest BCUT2D eigenvalue weighted by molar-refractivity contribution is -0.280. The van der Waals surface area contributed by atoms with Crippen LogP contribution >= 0.6 is 0 Å². The molecule has 0 radical (unpaired) electrons. The standard InChI is InChI=1S/C27H36O8/c1-5-16-6-8-17(9-7-16)12-19-11-10-18(15-33-26(32)27(2,3)4)13-20(19)34-24-23(30)22(29)21(14-28)35-25(24)31/h6-11,13,21-25,28-31H,5,12,14-15H2,1-4H3/t21-,22-,23+,24-,25-/m1/s1. The minimum absolute atomic E-state index is 0.0272. The second-order valence-electron chi connectivity index (χ2n) is 9.93. The number of hydrogen-bond acceptors (Lipinski definition) is 8. The number of aliphatic hydroxyl groups excluding tert-OH is 4. The van der Waals surface area contributed by atoms with Gasteiger partial charge in [-0.2, -0.15) is 0 Å². The van der Waals surface area contributed by atoms with Gasteiger partial charge in [-0.1, -0.05) is 43.3 Å². The lowest BCUT2D eigenvalue weighted by Crippen LogP contribution is -2.60. The fourth-order valence-electron chi connectivity index (χ4n) is 3.77. The molecule has 0 aliphatic carbocycles. The van der Waals surface area contributed by atoms with Crippen LogP contribution in [0.2, 0.25) is 0 Å². The second kappa shape index (κ2) is 11.5. The van der Waals surface area contributed by atoms with Crippen molar-refractivity contribution >= 4 is 5.97 Å². The molecule has 192 valence electrons. The molecular formula is C27H36O8. The van der Waals surface area contributed by atoms with Crippen LogP contribution in [0.25, 0.3) is 0 Å². The van der Waals surface area contributed by atoms with Crippen molar-refractivity contribution in [1.29, 1.82) is 0 Å². The zero-order chi connectivity index (χ0) is 25.8. The monoisotopic (exact) mass is 488 g/mol. The fourth-order valence-corrected chi connectivity index (χ4v) is 3.77. The molecule has 0 unspecified atom stereocenters. The van der Waals surface area contributed by atoms with Crippen molar-refractivity contribution in [2.75, 3.05) is 6.61 Å². The molecule has 0 aromatic heterocycles. The van der Waals surface area contributed by atoms with Crippen molar-refractivity contribution in [3.8, 4) is 5.75 Å². The molecule has 0 saturated carbocycles. The van der Waals surface area contributed by atoms with E-state index in [-0.39, 0.29) is 12.6 Å². The zero-order valence-electron chi connectivity index (χ0n) is 20.7. The quantitative estimate of drug-likeness (QED) is 0.417. The van der Waals surface area contributed by atoms with Crippen LogP contribution < -0.4 is 4.74 Å². The van der Waals surface area contributed by atoms with E-state index in [2.05, 4.69) is 19.1 Å². The summed E-state index contributed by atoms with van der Waals surface area (Å²) in [6, 6.07) is 13.6. The summed E-state index contributed by atoms with van der Waals surface area (Å²) in [5.74, 6) is 0.0139. The molecule has 35 heavy (non-hydrogen) atoms. The van der Waals surface area contributed by atoms with E-state index in [0.29, 0.717) is 17.7 Å². The van der Waals surface area contributed by atoms with Crippen molar-refractivity contribution in [3.63, 3.8) is 0 Å². The first-order valence-electron chi connectivity index (χ1n) is 11.9. The van der Waals surface area contributed by atoms with E-state index in [1.807, 2.05) is 24.3 Å². The number of esters is 1. The summed E-state index contributed by atoms with van der Waals surface area (Å²) >= 11 is 0. The lowest BCUT2D eigenvalue weighted by atomic mass is 9.97. The number of carbonyl (C=O) groups is 1. The number of ether oxygens (including phenoxy) is 3. The van der Waals surface area contributed by atoms with Gasteiger partial charge in [0.2, 0.25) is 0 Å². The first-order valence-corrected chi connectivity index (χ1v) is 11.9. The summed E-state index contributed by atoms with van der Waals surface area (Å²) < 4.78 is 16.7. The molecule has 0 bridgehead atoms. The minimum atomic E-state index is -1.57. The third-order valence-electron chi connectivity index (χ3n) is 6.05. The smallest absolute Gasteiger partial charge is 0.311 e. The molecule has 8 nitrogen and oxygen atoms in total. The SMILES string of the molecule is CCc1ccc(Cc2ccc(COC(=O)C(C)(C)C)cc2O[C@@H]2[C@@H](O)[C@H](O)[C@@H](CO)O[C@H]2O)cc1. The summed E-state index contributed by atoms with van der Waals surface area (Å²) in [7, 11) is 0. The molecule has 8 heteroatoms. The van der Waals surface area contributed by atoms with E-state index in [9.17, 15) is 25.2 Å². The van der Waals surface area contributed by atoms with Crippen LogP contribution in [0.5, 0.6) is 5.75 Å². The molecule has 1 fully saturated rings. The first kappa shape index (κ1) is 27.1. The van der Waals surface area contributed by atoms with Gasteiger partial charge in [0.1, 0.15) is 30.7 Å². The van der Waals surface area contributed by atoms with Gasteiger partial charge < -0.3 is 34.6 Å². The van der Waals surface area contributed by atoms with Crippen LogP contribution in [0.1, 0.15) is 49.9 Å². The van der Waals surface area contributed by atoms with E-state index < -0.39 is 42.7 Å². The van der Waals surface area contributed by atoms with Gasteiger partial charge in [0.25, 0.3) is 0 Å². The Labute approximate surface area is 206 Å². The minimum Gasteiger partial charge on any atom is -0.482 e. The van der Waals surface area contributed by atoms with Crippen LogP contribution in [0.15, 0.2) is 42.5 Å². The molecule has 2 aromatic carbocycles. The molecule has 3 rings (SSSR count). The van der Waals surface area contributed by atoms with Gasteiger partial charge in [0.05, 0.1) is 12.0 Å². The average Bonchev–Trinajstić information content (AvgIpc) is 2.83. The maximum atomic E-state index is 12.2. The van der Waals surface area contributed by atoms with E-state index in [0.717, 1.165) is 17.5 Å². The number of hydrogen-bond donors (Lipinski definition) is 4. The Hall–Kier alpha value is -2.49. The number of benzene rings is 2. The van der Waals surface area contributed by atoms with Crippen molar-refractivity contribution in [1.82, 2.24) is 0 Å². The summed E-state index contributed by atoms with van der Waals surface area (Å²) in [5.41, 5.74) is 3.06. The van der Waals surface area contributed by atoms with Gasteiger partial charge in [-0.25, -0.2) is 0 Å². The largest absolute Gasteiger partial charge is 0.482 e. The molecule has 1 heterocycles. The third-order valence-corrected chi connectivity index (χ3v) is 6.05. The van der Waals surface area contributed by atoms with E-state index in [1.165, 1.54) is 5.56 Å². The third kappa shape index (κ3) is 6.80. The molecule has 0 spiro atoms. The molecular weight excluding hydrogens is 452 g/mol. The topological polar surface area (TPSA) is 126 Å². The average molecular weight is 489 g/mol. The number of carbonyl (C=O) groups excluding carboxylic acids is 1. The van der Waals surface area contributed by atoms with Gasteiger partial charge in [0.15, 0.2) is 12.4 Å². The molecule has 4 N–H and O–H groups in total. The molecule has 1 aliphatic rings. The Morgan fingerprint density at radius 3 is 2.20 bits per heavy atom. The predicted molar refractivity (Wildman–Crippen MR) is 129 cm³/mol. The number of aliphatic hydroxyl groups is 4. The number of rotatable bonds is 8. The molecule has 1 saturated heterocycles. The summed E-state index contributed by atoms with van der Waals surface area (Å²) in [4.78, 5) is 12.2. The molecule has 0 amide bonds. The Bertz CT molecular complexity index is 982. The highest BCUT2D eigenvalue weighted by atomic mass is 16.7. The van der Waals surface area contributed by atoms with E-state index >= 15 is 0 Å². The van der Waals surface area contributed by atoms with E-state index in [4.69, 9.17) is 14.2 Å². The Kier molecular flexibility index (Phi) is 8.90. The lowest BCUT2D eigenvalue weighted by Gasteiger charge is -2.40. The van der Waals surface area contributed by atoms with Crippen LogP contribution in [-0.2, 0) is 33.7 Å². The van der Waals surface area contributed by atoms with E-state index in [1.54, 1.807) is 26.8 Å². The Morgan fingerprint density at radius 1 is 0.971 bits per heavy atom. The summed E-state index contributed by atoms with van der Waals surface area (Å²) in [6.07, 6.45) is -5.45. The summed E-state index contributed by atoms with van der Waals surface area (Å²) in [5, 5.41) is 40.5. The molecule has 5 atom stereocenters. The highest BCUT2D eigenvalue weighted by Gasteiger charge is 2.45. The molecule has 2 aromatic rings. The van der Waals surface area contributed by atoms with Gasteiger partial charge in [-0.05, 0) is 55.5 Å². The highest BCUT2D eigenvalue weighted by molar-refractivity contribution is 5.75. The van der Waals surface area contributed by atoms with Crippen LogP contribution in [0.3, 0.4) is 0 Å². The summed E-state index contributed by atoms with van der Waals surface area (Å²) in [6.45, 7) is 6.87. The van der Waals surface area contributed by atoms with Gasteiger partial charge >= 0.3 is 5.97 Å². The van der Waals surface area contributed by atoms with Crippen LogP contribution in [-0.4, -0.2) is 63.7 Å². The fraction of sp³-hybridized carbons (Fsp3) is 0.519.